The summed E-state index contributed by atoms with van der Waals surface area (Å²) >= 11 is 0. The summed E-state index contributed by atoms with van der Waals surface area (Å²) in [5, 5.41) is 17.4. The molecule has 4 rings (SSSR count). The second-order valence-electron chi connectivity index (χ2n) is 9.92. The molecular formula is C30H34N4O8. The number of carbonyl (C=O) groups excluding carboxylic acids is 3. The molecule has 2 aliphatic rings. The first-order valence-electron chi connectivity index (χ1n) is 13.5. The monoisotopic (exact) mass is 578 g/mol. The van der Waals surface area contributed by atoms with Gasteiger partial charge in [0.05, 0.1) is 36.7 Å². The van der Waals surface area contributed by atoms with Gasteiger partial charge in [-0.2, -0.15) is 0 Å². The highest BCUT2D eigenvalue weighted by Crippen LogP contribution is 2.40. The van der Waals surface area contributed by atoms with Crippen LogP contribution in [0.2, 0.25) is 0 Å². The van der Waals surface area contributed by atoms with E-state index >= 15 is 0 Å². The number of nitrogens with zero attached hydrogens (tertiary/aromatic N) is 2. The standard InChI is InChI=1S/C30H34N4O8/c1-19-24(26(25(20(2)31-19)29(36)40-3)22-10-7-11-23(18-22)34(38)39)28(35)32-27(21-8-5-4-6-9-21)30(37)42-17-14-33-12-15-41-16-13-33/h4-11,18,26-27,31H,12-17H2,1-3H3,(H,32,35). The molecule has 2 N–H and O–H groups in total. The third-order valence-electron chi connectivity index (χ3n) is 7.22. The van der Waals surface area contributed by atoms with Crippen molar-refractivity contribution in [3.05, 3.63) is 98.4 Å². The van der Waals surface area contributed by atoms with Gasteiger partial charge in [-0.15, -0.1) is 0 Å². The van der Waals surface area contributed by atoms with Crippen molar-refractivity contribution in [3.63, 3.8) is 0 Å². The number of benzene rings is 2. The topological polar surface area (TPSA) is 149 Å². The molecule has 0 saturated carbocycles. The molecule has 2 aromatic rings. The molecule has 222 valence electrons. The van der Waals surface area contributed by atoms with E-state index < -0.39 is 34.7 Å². The lowest BCUT2D eigenvalue weighted by atomic mass is 9.79. The first kappa shape index (κ1) is 30.4. The number of nitrogens with one attached hydrogen (secondary N) is 2. The highest BCUT2D eigenvalue weighted by Gasteiger charge is 2.39. The number of dihydropyridines is 1. The number of rotatable bonds is 10. The van der Waals surface area contributed by atoms with Crippen LogP contribution in [0.3, 0.4) is 0 Å². The Hall–Kier alpha value is -4.55. The van der Waals surface area contributed by atoms with Crippen molar-refractivity contribution in [2.24, 2.45) is 0 Å². The fraction of sp³-hybridized carbons (Fsp3) is 0.367. The van der Waals surface area contributed by atoms with E-state index in [-0.39, 0.29) is 23.4 Å². The molecule has 0 radical (unpaired) electrons. The number of morpholine rings is 1. The Morgan fingerprint density at radius 1 is 1.07 bits per heavy atom. The number of hydrogen-bond donors (Lipinski definition) is 2. The van der Waals surface area contributed by atoms with Crippen molar-refractivity contribution in [2.45, 2.75) is 25.8 Å². The van der Waals surface area contributed by atoms with Crippen LogP contribution in [0.15, 0.2) is 77.1 Å². The van der Waals surface area contributed by atoms with Crippen LogP contribution in [0.1, 0.15) is 36.9 Å². The van der Waals surface area contributed by atoms with Gasteiger partial charge in [-0.25, -0.2) is 9.59 Å². The van der Waals surface area contributed by atoms with E-state index in [1.54, 1.807) is 50.2 Å². The molecule has 12 nitrogen and oxygen atoms in total. The average Bonchev–Trinajstić information content (AvgIpc) is 3.00. The van der Waals surface area contributed by atoms with Gasteiger partial charge in [-0.3, -0.25) is 19.8 Å². The van der Waals surface area contributed by atoms with Gasteiger partial charge in [-0.05, 0) is 25.0 Å². The molecule has 2 heterocycles. The number of nitro groups is 1. The lowest BCUT2D eigenvalue weighted by Gasteiger charge is -2.31. The van der Waals surface area contributed by atoms with Crippen molar-refractivity contribution < 1.29 is 33.5 Å². The van der Waals surface area contributed by atoms with Crippen molar-refractivity contribution in [2.75, 3.05) is 46.6 Å². The number of ether oxygens (including phenoxy) is 3. The zero-order valence-electron chi connectivity index (χ0n) is 23.8. The maximum atomic E-state index is 14.0. The highest BCUT2D eigenvalue weighted by atomic mass is 16.6. The van der Waals surface area contributed by atoms with Gasteiger partial charge >= 0.3 is 11.9 Å². The van der Waals surface area contributed by atoms with E-state index in [0.29, 0.717) is 42.3 Å². The minimum atomic E-state index is -1.15. The molecule has 2 aromatic carbocycles. The Morgan fingerprint density at radius 2 is 1.76 bits per heavy atom. The van der Waals surface area contributed by atoms with E-state index in [9.17, 15) is 24.5 Å². The van der Waals surface area contributed by atoms with Gasteiger partial charge in [0.15, 0.2) is 6.04 Å². The largest absolute Gasteiger partial charge is 0.466 e. The minimum absolute atomic E-state index is 0.114. The Kier molecular flexibility index (Phi) is 10.0. The van der Waals surface area contributed by atoms with Crippen LogP contribution < -0.4 is 10.6 Å². The van der Waals surface area contributed by atoms with E-state index in [1.165, 1.54) is 25.3 Å². The molecule has 1 fully saturated rings. The minimum Gasteiger partial charge on any atom is -0.466 e. The summed E-state index contributed by atoms with van der Waals surface area (Å²) in [7, 11) is 1.22. The number of non-ortho nitro benzene ring substituents is 1. The molecule has 0 spiro atoms. The van der Waals surface area contributed by atoms with Crippen molar-refractivity contribution >= 4 is 23.5 Å². The molecule has 0 bridgehead atoms. The molecule has 2 unspecified atom stereocenters. The van der Waals surface area contributed by atoms with Crippen molar-refractivity contribution in [3.8, 4) is 0 Å². The molecule has 2 aliphatic heterocycles. The molecule has 12 heteroatoms. The number of allylic oxidation sites excluding steroid dienone is 2. The number of carbonyl (C=O) groups is 3. The first-order chi connectivity index (χ1) is 20.2. The first-order valence-corrected chi connectivity index (χ1v) is 13.5. The van der Waals surface area contributed by atoms with E-state index in [1.807, 2.05) is 0 Å². The van der Waals surface area contributed by atoms with Gasteiger partial charge < -0.3 is 24.8 Å². The van der Waals surface area contributed by atoms with Crippen LogP contribution >= 0.6 is 0 Å². The second-order valence-corrected chi connectivity index (χ2v) is 9.92. The number of nitro benzene ring substituents is 1. The fourth-order valence-electron chi connectivity index (χ4n) is 5.14. The zero-order valence-corrected chi connectivity index (χ0v) is 23.8. The summed E-state index contributed by atoms with van der Waals surface area (Å²) in [6.45, 7) is 6.70. The summed E-state index contributed by atoms with van der Waals surface area (Å²) in [5.74, 6) is -3.00. The quantitative estimate of drug-likeness (QED) is 0.245. The Labute approximate surface area is 243 Å². The van der Waals surface area contributed by atoms with Crippen LogP contribution in [0.5, 0.6) is 0 Å². The summed E-state index contributed by atoms with van der Waals surface area (Å²) in [5.41, 5.74) is 1.75. The van der Waals surface area contributed by atoms with Crippen LogP contribution in [0, 0.1) is 10.1 Å². The van der Waals surface area contributed by atoms with Crippen molar-refractivity contribution in [1.29, 1.82) is 0 Å². The highest BCUT2D eigenvalue weighted by molar-refractivity contribution is 6.03. The van der Waals surface area contributed by atoms with E-state index in [2.05, 4.69) is 15.5 Å². The van der Waals surface area contributed by atoms with Gasteiger partial charge in [0.1, 0.15) is 6.61 Å². The summed E-state index contributed by atoms with van der Waals surface area (Å²) in [4.78, 5) is 53.5. The van der Waals surface area contributed by atoms with Gasteiger partial charge in [0.25, 0.3) is 11.6 Å². The van der Waals surface area contributed by atoms with Gasteiger partial charge in [0, 0.05) is 48.7 Å². The van der Waals surface area contributed by atoms with Crippen LogP contribution in [-0.4, -0.2) is 74.2 Å². The number of esters is 2. The molecule has 2 atom stereocenters. The number of hydrogen-bond acceptors (Lipinski definition) is 10. The molecule has 1 amide bonds. The Morgan fingerprint density at radius 3 is 2.43 bits per heavy atom. The SMILES string of the molecule is COC(=O)C1=C(C)NC(C)=C(C(=O)NC(C(=O)OCCN2CCOCC2)c2ccccc2)C1c1cccc([N+](=O)[O-])c1. The van der Waals surface area contributed by atoms with E-state index in [4.69, 9.17) is 14.2 Å². The lowest BCUT2D eigenvalue weighted by molar-refractivity contribution is -0.384. The molecule has 42 heavy (non-hydrogen) atoms. The predicted octanol–water partition coefficient (Wildman–Crippen LogP) is 2.74. The Bertz CT molecular complexity index is 1400. The average molecular weight is 579 g/mol. The number of methoxy groups -OCH3 is 1. The predicted molar refractivity (Wildman–Crippen MR) is 152 cm³/mol. The zero-order chi connectivity index (χ0) is 30.2. The normalized spacial score (nSPS) is 18.1. The van der Waals surface area contributed by atoms with Crippen molar-refractivity contribution in [1.82, 2.24) is 15.5 Å². The smallest absolute Gasteiger partial charge is 0.336 e. The maximum Gasteiger partial charge on any atom is 0.336 e. The molecule has 0 aromatic heterocycles. The molecule has 0 aliphatic carbocycles. The van der Waals surface area contributed by atoms with Crippen LogP contribution in [0.25, 0.3) is 0 Å². The summed E-state index contributed by atoms with van der Waals surface area (Å²) in [6.07, 6.45) is 0. The van der Waals surface area contributed by atoms with Gasteiger partial charge in [-0.1, -0.05) is 42.5 Å². The van der Waals surface area contributed by atoms with E-state index in [0.717, 1.165) is 13.1 Å². The second kappa shape index (κ2) is 13.9. The summed E-state index contributed by atoms with van der Waals surface area (Å²) in [6, 6.07) is 13.3. The van der Waals surface area contributed by atoms with Gasteiger partial charge in [0.2, 0.25) is 0 Å². The molecular weight excluding hydrogens is 544 g/mol. The third-order valence-corrected chi connectivity index (χ3v) is 7.22. The van der Waals surface area contributed by atoms with Crippen LogP contribution in [0.4, 0.5) is 5.69 Å². The maximum absolute atomic E-state index is 14.0. The van der Waals surface area contributed by atoms with Crippen LogP contribution in [-0.2, 0) is 28.6 Å². The Balaban J connectivity index is 1.65. The number of amides is 1. The fourth-order valence-corrected chi connectivity index (χ4v) is 5.14. The summed E-state index contributed by atoms with van der Waals surface area (Å²) < 4.78 is 16.0. The third kappa shape index (κ3) is 7.01. The molecule has 1 saturated heterocycles. The lowest BCUT2D eigenvalue weighted by Crippen LogP contribution is -2.41.